The molecule has 4 rings (SSSR count). The van der Waals surface area contributed by atoms with Crippen LogP contribution in [0, 0.1) is 23.2 Å². The number of benzene rings is 1. The van der Waals surface area contributed by atoms with E-state index in [0.29, 0.717) is 36.5 Å². The van der Waals surface area contributed by atoms with Gasteiger partial charge in [-0.15, -0.1) is 0 Å². The van der Waals surface area contributed by atoms with Crippen LogP contribution in [0.2, 0.25) is 0 Å². The molecule has 3 heterocycles. The number of alkyl halides is 1. The molecule has 2 aromatic rings. The Bertz CT molecular complexity index is 960. The number of hydrogen-bond acceptors (Lipinski definition) is 6. The molecular weight excluding hydrogens is 383 g/mol. The van der Waals surface area contributed by atoms with Gasteiger partial charge < -0.3 is 15.5 Å². The molecule has 0 aliphatic carbocycles. The first-order chi connectivity index (χ1) is 14.5. The van der Waals surface area contributed by atoms with Crippen molar-refractivity contribution in [3.63, 3.8) is 0 Å². The highest BCUT2D eigenvalue weighted by Crippen LogP contribution is 2.31. The van der Waals surface area contributed by atoms with Gasteiger partial charge in [0, 0.05) is 55.3 Å². The van der Waals surface area contributed by atoms with Crippen LogP contribution < -0.4 is 15.5 Å². The van der Waals surface area contributed by atoms with Gasteiger partial charge in [0.15, 0.2) is 0 Å². The highest BCUT2D eigenvalue weighted by Gasteiger charge is 2.30. The highest BCUT2D eigenvalue weighted by atomic mass is 19.1. The van der Waals surface area contributed by atoms with Gasteiger partial charge in [0.2, 0.25) is 5.91 Å². The van der Waals surface area contributed by atoms with Crippen molar-refractivity contribution in [3.8, 4) is 6.07 Å². The molecule has 158 valence electrons. The molecule has 2 aliphatic heterocycles. The average molecular weight is 410 g/mol. The molecule has 0 unspecified atom stereocenters. The summed E-state index contributed by atoms with van der Waals surface area (Å²) in [5.41, 5.74) is 2.13. The van der Waals surface area contributed by atoms with E-state index < -0.39 is 6.17 Å². The van der Waals surface area contributed by atoms with Crippen molar-refractivity contribution in [2.75, 3.05) is 31.1 Å². The lowest BCUT2D eigenvalue weighted by molar-refractivity contribution is -0.123. The number of nitriles is 1. The molecular formula is C22H27FN6O. The summed E-state index contributed by atoms with van der Waals surface area (Å²) in [5.74, 6) is 0.104. The second-order valence-corrected chi connectivity index (χ2v) is 8.51. The molecule has 1 aromatic carbocycles. The Labute approximate surface area is 175 Å². The number of nitrogens with zero attached hydrogens (tertiary/aromatic N) is 4. The van der Waals surface area contributed by atoms with Gasteiger partial charge in [-0.1, -0.05) is 6.92 Å². The molecule has 1 amide bonds. The number of nitrogens with one attached hydrogen (secondary N) is 2. The topological polar surface area (TPSA) is 93.9 Å². The maximum absolute atomic E-state index is 14.1. The van der Waals surface area contributed by atoms with Crippen molar-refractivity contribution in [2.45, 2.75) is 38.4 Å². The molecule has 1 aromatic heterocycles. The van der Waals surface area contributed by atoms with Crippen LogP contribution >= 0.6 is 0 Å². The summed E-state index contributed by atoms with van der Waals surface area (Å²) >= 11 is 0. The fourth-order valence-electron chi connectivity index (χ4n) is 4.71. The number of anilines is 1. The normalized spacial score (nSPS) is 26.9. The smallest absolute Gasteiger partial charge is 0.220 e. The summed E-state index contributed by atoms with van der Waals surface area (Å²) in [4.78, 5) is 23.3. The van der Waals surface area contributed by atoms with E-state index in [1.165, 1.54) is 6.33 Å². The van der Waals surface area contributed by atoms with E-state index in [-0.39, 0.29) is 24.3 Å². The summed E-state index contributed by atoms with van der Waals surface area (Å²) in [6, 6.07) is 5.90. The molecule has 0 spiro atoms. The van der Waals surface area contributed by atoms with E-state index in [1.807, 2.05) is 6.07 Å². The van der Waals surface area contributed by atoms with Crippen molar-refractivity contribution >= 4 is 22.5 Å². The van der Waals surface area contributed by atoms with E-state index in [4.69, 9.17) is 0 Å². The van der Waals surface area contributed by atoms with Gasteiger partial charge in [-0.25, -0.2) is 14.4 Å². The van der Waals surface area contributed by atoms with Gasteiger partial charge in [-0.05, 0) is 37.4 Å². The Morgan fingerprint density at radius 3 is 3.10 bits per heavy atom. The maximum atomic E-state index is 14.1. The largest absolute Gasteiger partial charge is 0.369 e. The number of rotatable bonds is 4. The van der Waals surface area contributed by atoms with E-state index in [0.717, 1.165) is 30.6 Å². The van der Waals surface area contributed by atoms with E-state index >= 15 is 0 Å². The van der Waals surface area contributed by atoms with Crippen molar-refractivity contribution in [1.29, 1.82) is 5.26 Å². The van der Waals surface area contributed by atoms with Gasteiger partial charge in [-0.3, -0.25) is 4.79 Å². The summed E-state index contributed by atoms with van der Waals surface area (Å²) in [5, 5.41) is 16.4. The molecule has 0 bridgehead atoms. The number of piperidine rings is 2. The Hall–Kier alpha value is -2.79. The molecule has 0 radical (unpaired) electrons. The lowest BCUT2D eigenvalue weighted by atomic mass is 9.91. The Balaban J connectivity index is 1.48. The van der Waals surface area contributed by atoms with Crippen molar-refractivity contribution in [3.05, 3.63) is 30.2 Å². The van der Waals surface area contributed by atoms with E-state index in [1.54, 1.807) is 12.3 Å². The molecule has 30 heavy (non-hydrogen) atoms. The van der Waals surface area contributed by atoms with E-state index in [2.05, 4.69) is 38.5 Å². The van der Waals surface area contributed by atoms with Crippen LogP contribution in [0.1, 0.15) is 31.7 Å². The predicted octanol–water partition coefficient (Wildman–Crippen LogP) is 2.17. The molecule has 8 heteroatoms. The Kier molecular flexibility index (Phi) is 6.09. The first-order valence-electron chi connectivity index (χ1n) is 10.6. The SMILES string of the molecule is C[C@H]1C[C@@H](NC(=O)C[C@@H]2CCNC[C@@H]2F)CN(c2ccc(C#N)c3ncncc23)C1. The summed E-state index contributed by atoms with van der Waals surface area (Å²) in [6.45, 7) is 4.78. The lowest BCUT2D eigenvalue weighted by Gasteiger charge is -2.39. The fraction of sp³-hybridized carbons (Fsp3) is 0.545. The summed E-state index contributed by atoms with van der Waals surface area (Å²) in [6.07, 6.45) is 4.05. The third kappa shape index (κ3) is 4.36. The van der Waals surface area contributed by atoms with Crippen molar-refractivity contribution < 1.29 is 9.18 Å². The third-order valence-electron chi connectivity index (χ3n) is 6.13. The van der Waals surface area contributed by atoms with Gasteiger partial charge in [0.1, 0.15) is 18.6 Å². The van der Waals surface area contributed by atoms with Crippen LogP contribution in [-0.2, 0) is 4.79 Å². The molecule has 2 saturated heterocycles. The maximum Gasteiger partial charge on any atom is 0.220 e. The number of hydrogen-bond donors (Lipinski definition) is 2. The minimum atomic E-state index is -0.962. The molecule has 2 N–H and O–H groups in total. The Morgan fingerprint density at radius 1 is 1.43 bits per heavy atom. The molecule has 7 nitrogen and oxygen atoms in total. The third-order valence-corrected chi connectivity index (χ3v) is 6.13. The van der Waals surface area contributed by atoms with Gasteiger partial charge >= 0.3 is 0 Å². The highest BCUT2D eigenvalue weighted by molar-refractivity contribution is 5.94. The quantitative estimate of drug-likeness (QED) is 0.802. The number of carbonyl (C=O) groups excluding carboxylic acids is 1. The van der Waals surface area contributed by atoms with Crippen LogP contribution in [0.5, 0.6) is 0 Å². The number of halogens is 1. The van der Waals surface area contributed by atoms with Crippen LogP contribution in [-0.4, -0.2) is 54.3 Å². The molecule has 4 atom stereocenters. The van der Waals surface area contributed by atoms with Crippen molar-refractivity contribution in [1.82, 2.24) is 20.6 Å². The van der Waals surface area contributed by atoms with Gasteiger partial charge in [0.25, 0.3) is 0 Å². The van der Waals surface area contributed by atoms with Crippen LogP contribution in [0.15, 0.2) is 24.7 Å². The number of aromatic nitrogens is 2. The van der Waals surface area contributed by atoms with Crippen molar-refractivity contribution in [2.24, 2.45) is 11.8 Å². The monoisotopic (exact) mass is 410 g/mol. The molecule has 2 fully saturated rings. The zero-order valence-corrected chi connectivity index (χ0v) is 17.1. The molecule has 0 saturated carbocycles. The predicted molar refractivity (Wildman–Crippen MR) is 113 cm³/mol. The second kappa shape index (κ2) is 8.92. The number of amides is 1. The minimum absolute atomic E-state index is 0.00338. The average Bonchev–Trinajstić information content (AvgIpc) is 2.74. The number of carbonyl (C=O) groups is 1. The van der Waals surface area contributed by atoms with Crippen LogP contribution in [0.25, 0.3) is 10.9 Å². The van der Waals surface area contributed by atoms with Crippen LogP contribution in [0.3, 0.4) is 0 Å². The van der Waals surface area contributed by atoms with Crippen LogP contribution in [0.4, 0.5) is 10.1 Å². The van der Waals surface area contributed by atoms with Gasteiger partial charge in [0.05, 0.1) is 11.1 Å². The second-order valence-electron chi connectivity index (χ2n) is 8.51. The van der Waals surface area contributed by atoms with Gasteiger partial charge in [-0.2, -0.15) is 5.26 Å². The zero-order chi connectivity index (χ0) is 21.1. The first kappa shape index (κ1) is 20.5. The number of fused-ring (bicyclic) bond motifs is 1. The van der Waals surface area contributed by atoms with E-state index in [9.17, 15) is 14.4 Å². The summed E-state index contributed by atoms with van der Waals surface area (Å²) in [7, 11) is 0. The fourth-order valence-corrected chi connectivity index (χ4v) is 4.71. The Morgan fingerprint density at radius 2 is 2.30 bits per heavy atom. The minimum Gasteiger partial charge on any atom is -0.369 e. The summed E-state index contributed by atoms with van der Waals surface area (Å²) < 4.78 is 14.1. The first-order valence-corrected chi connectivity index (χ1v) is 10.6. The lowest BCUT2D eigenvalue weighted by Crippen LogP contribution is -2.51. The standard InChI is InChI=1S/C22H27FN6O/c1-14-6-17(28-21(30)7-15-4-5-25-10-19(15)23)12-29(11-14)20-3-2-16(8-24)22-18(20)9-26-13-27-22/h2-3,9,13-15,17,19,25H,4-7,10-12H2,1H3,(H,28,30)/t14-,15-,17+,19-/m0/s1. The zero-order valence-electron chi connectivity index (χ0n) is 17.1. The molecule has 2 aliphatic rings.